The van der Waals surface area contributed by atoms with Gasteiger partial charge in [-0.05, 0) is 31.7 Å². The van der Waals surface area contributed by atoms with Gasteiger partial charge >= 0.3 is 5.97 Å². The van der Waals surface area contributed by atoms with Crippen LogP contribution in [-0.4, -0.2) is 49.3 Å². The van der Waals surface area contributed by atoms with Gasteiger partial charge in [-0.1, -0.05) is 6.08 Å². The topological polar surface area (TPSA) is 49.8 Å². The second-order valence-electron chi connectivity index (χ2n) is 4.21. The Hall–Kier alpha value is -0.870. The minimum Gasteiger partial charge on any atom is -0.466 e. The number of rotatable bonds is 5. The maximum absolute atomic E-state index is 10.9. The van der Waals surface area contributed by atoms with Crippen LogP contribution in [0.15, 0.2) is 12.2 Å². The molecule has 0 bridgehead atoms. The van der Waals surface area contributed by atoms with Gasteiger partial charge in [0.2, 0.25) is 0 Å². The summed E-state index contributed by atoms with van der Waals surface area (Å²) in [6.45, 7) is 3.16. The normalized spacial score (nSPS) is 22.5. The van der Waals surface area contributed by atoms with E-state index in [2.05, 4.69) is 9.64 Å². The molecule has 1 unspecified atom stereocenters. The van der Waals surface area contributed by atoms with E-state index in [0.29, 0.717) is 5.92 Å². The zero-order valence-corrected chi connectivity index (χ0v) is 9.89. The zero-order valence-electron chi connectivity index (χ0n) is 9.89. The first-order valence-corrected chi connectivity index (χ1v) is 5.84. The van der Waals surface area contributed by atoms with E-state index in [9.17, 15) is 4.79 Å². The summed E-state index contributed by atoms with van der Waals surface area (Å²) in [7, 11) is 1.38. The first kappa shape index (κ1) is 13.2. The van der Waals surface area contributed by atoms with Crippen molar-refractivity contribution in [2.75, 3.05) is 33.4 Å². The molecule has 0 aliphatic carbocycles. The molecule has 1 aliphatic rings. The third kappa shape index (κ3) is 4.77. The fourth-order valence-corrected chi connectivity index (χ4v) is 2.10. The third-order valence-corrected chi connectivity index (χ3v) is 2.96. The van der Waals surface area contributed by atoms with Gasteiger partial charge in [-0.3, -0.25) is 4.90 Å². The second kappa shape index (κ2) is 7.41. The number of piperidine rings is 1. The van der Waals surface area contributed by atoms with E-state index in [1.54, 1.807) is 0 Å². The molecule has 1 atom stereocenters. The summed E-state index contributed by atoms with van der Waals surface area (Å²) in [5.74, 6) is 0.300. The summed E-state index contributed by atoms with van der Waals surface area (Å²) in [4.78, 5) is 13.2. The Labute approximate surface area is 96.9 Å². The number of hydrogen-bond acceptors (Lipinski definition) is 4. The number of esters is 1. The Morgan fingerprint density at radius 3 is 3.12 bits per heavy atom. The van der Waals surface area contributed by atoms with E-state index in [1.165, 1.54) is 26.0 Å². The number of ether oxygens (including phenoxy) is 1. The Balaban J connectivity index is 2.26. The van der Waals surface area contributed by atoms with E-state index in [0.717, 1.165) is 26.1 Å². The van der Waals surface area contributed by atoms with Gasteiger partial charge in [-0.25, -0.2) is 4.79 Å². The molecule has 0 aromatic heterocycles. The molecule has 92 valence electrons. The van der Waals surface area contributed by atoms with Gasteiger partial charge in [-0.2, -0.15) is 0 Å². The molecule has 0 radical (unpaired) electrons. The maximum atomic E-state index is 10.9. The summed E-state index contributed by atoms with van der Waals surface area (Å²) < 4.78 is 4.52. The van der Waals surface area contributed by atoms with Crippen LogP contribution in [0.1, 0.15) is 19.3 Å². The lowest BCUT2D eigenvalue weighted by Crippen LogP contribution is -2.35. The van der Waals surface area contributed by atoms with Gasteiger partial charge < -0.3 is 9.84 Å². The van der Waals surface area contributed by atoms with Gasteiger partial charge in [0.05, 0.1) is 7.11 Å². The SMILES string of the molecule is COC(=O)C=CCN1CCCC(CCO)C1. The lowest BCUT2D eigenvalue weighted by Gasteiger charge is -2.31. The predicted octanol–water partition coefficient (Wildman–Crippen LogP) is 0.810. The highest BCUT2D eigenvalue weighted by molar-refractivity contribution is 5.81. The number of carbonyl (C=O) groups excluding carboxylic acids is 1. The van der Waals surface area contributed by atoms with Crippen molar-refractivity contribution in [2.45, 2.75) is 19.3 Å². The second-order valence-corrected chi connectivity index (χ2v) is 4.21. The van der Waals surface area contributed by atoms with E-state index < -0.39 is 0 Å². The van der Waals surface area contributed by atoms with Crippen LogP contribution in [0.4, 0.5) is 0 Å². The van der Waals surface area contributed by atoms with Crippen LogP contribution in [-0.2, 0) is 9.53 Å². The van der Waals surface area contributed by atoms with Crippen molar-refractivity contribution in [3.8, 4) is 0 Å². The lowest BCUT2D eigenvalue weighted by molar-refractivity contribution is -0.134. The summed E-state index contributed by atoms with van der Waals surface area (Å²) in [5.41, 5.74) is 0. The summed E-state index contributed by atoms with van der Waals surface area (Å²) in [6, 6.07) is 0. The number of nitrogens with zero attached hydrogens (tertiary/aromatic N) is 1. The number of carbonyl (C=O) groups is 1. The monoisotopic (exact) mass is 227 g/mol. The molecule has 0 aromatic rings. The fourth-order valence-electron chi connectivity index (χ4n) is 2.10. The molecule has 1 saturated heterocycles. The van der Waals surface area contributed by atoms with Crippen LogP contribution in [0.5, 0.6) is 0 Å². The maximum Gasteiger partial charge on any atom is 0.330 e. The molecule has 0 saturated carbocycles. The molecule has 1 aliphatic heterocycles. The van der Waals surface area contributed by atoms with Crippen LogP contribution in [0, 0.1) is 5.92 Å². The van der Waals surface area contributed by atoms with Crippen molar-refractivity contribution in [1.29, 1.82) is 0 Å². The van der Waals surface area contributed by atoms with Crippen molar-refractivity contribution in [1.82, 2.24) is 4.90 Å². The van der Waals surface area contributed by atoms with Crippen molar-refractivity contribution in [3.05, 3.63) is 12.2 Å². The van der Waals surface area contributed by atoms with Crippen LogP contribution < -0.4 is 0 Å². The van der Waals surface area contributed by atoms with Crippen molar-refractivity contribution < 1.29 is 14.6 Å². The number of aliphatic hydroxyl groups excluding tert-OH is 1. The average molecular weight is 227 g/mol. The molecule has 1 N–H and O–H groups in total. The summed E-state index contributed by atoms with van der Waals surface area (Å²) in [5, 5.41) is 8.89. The minimum absolute atomic E-state index is 0.274. The highest BCUT2D eigenvalue weighted by atomic mass is 16.5. The molecule has 0 aromatic carbocycles. The van der Waals surface area contributed by atoms with Crippen molar-refractivity contribution >= 4 is 5.97 Å². The van der Waals surface area contributed by atoms with Crippen LogP contribution >= 0.6 is 0 Å². The van der Waals surface area contributed by atoms with Crippen LogP contribution in [0.25, 0.3) is 0 Å². The van der Waals surface area contributed by atoms with E-state index in [1.807, 2.05) is 6.08 Å². The fraction of sp³-hybridized carbons (Fsp3) is 0.750. The highest BCUT2D eigenvalue weighted by Crippen LogP contribution is 2.18. The Bertz CT molecular complexity index is 238. The van der Waals surface area contributed by atoms with Gasteiger partial charge in [0, 0.05) is 25.8 Å². The quantitative estimate of drug-likeness (QED) is 0.558. The van der Waals surface area contributed by atoms with E-state index in [-0.39, 0.29) is 12.6 Å². The Kier molecular flexibility index (Phi) is 6.11. The summed E-state index contributed by atoms with van der Waals surface area (Å²) >= 11 is 0. The van der Waals surface area contributed by atoms with Gasteiger partial charge in [0.1, 0.15) is 0 Å². The number of likely N-dealkylation sites (tertiary alicyclic amines) is 1. The molecule has 4 heteroatoms. The van der Waals surface area contributed by atoms with E-state index >= 15 is 0 Å². The standard InChI is InChI=1S/C12H21NO3/c1-16-12(15)5-3-8-13-7-2-4-11(10-13)6-9-14/h3,5,11,14H,2,4,6-10H2,1H3. The number of aliphatic hydroxyl groups is 1. The Morgan fingerprint density at radius 1 is 1.62 bits per heavy atom. The molecule has 1 fully saturated rings. The Morgan fingerprint density at radius 2 is 2.44 bits per heavy atom. The minimum atomic E-state index is -0.302. The number of hydrogen-bond donors (Lipinski definition) is 1. The first-order valence-electron chi connectivity index (χ1n) is 5.84. The zero-order chi connectivity index (χ0) is 11.8. The molecule has 0 amide bonds. The van der Waals surface area contributed by atoms with Crippen molar-refractivity contribution in [2.24, 2.45) is 5.92 Å². The molecule has 4 nitrogen and oxygen atoms in total. The largest absolute Gasteiger partial charge is 0.466 e. The van der Waals surface area contributed by atoms with Crippen LogP contribution in [0.3, 0.4) is 0 Å². The van der Waals surface area contributed by atoms with Crippen molar-refractivity contribution in [3.63, 3.8) is 0 Å². The van der Waals surface area contributed by atoms with Gasteiger partial charge in [-0.15, -0.1) is 0 Å². The highest BCUT2D eigenvalue weighted by Gasteiger charge is 2.18. The first-order chi connectivity index (χ1) is 7.76. The van der Waals surface area contributed by atoms with Crippen LogP contribution in [0.2, 0.25) is 0 Å². The summed E-state index contributed by atoms with van der Waals surface area (Å²) in [6.07, 6.45) is 6.58. The lowest BCUT2D eigenvalue weighted by atomic mass is 9.95. The molecule has 1 heterocycles. The average Bonchev–Trinajstić information content (AvgIpc) is 2.30. The van der Waals surface area contributed by atoms with Gasteiger partial charge in [0.15, 0.2) is 0 Å². The molecular weight excluding hydrogens is 206 g/mol. The molecule has 0 spiro atoms. The smallest absolute Gasteiger partial charge is 0.330 e. The third-order valence-electron chi connectivity index (χ3n) is 2.96. The van der Waals surface area contributed by atoms with Gasteiger partial charge in [0.25, 0.3) is 0 Å². The predicted molar refractivity (Wildman–Crippen MR) is 62.0 cm³/mol. The number of methoxy groups -OCH3 is 1. The molecule has 16 heavy (non-hydrogen) atoms. The molecule has 1 rings (SSSR count). The van der Waals surface area contributed by atoms with E-state index in [4.69, 9.17) is 5.11 Å². The molecular formula is C12H21NO3.